The number of anilines is 2. The summed E-state index contributed by atoms with van der Waals surface area (Å²) in [5, 5.41) is 26.7. The molecule has 1 saturated heterocycles. The Morgan fingerprint density at radius 1 is 1.08 bits per heavy atom. The van der Waals surface area contributed by atoms with Crippen molar-refractivity contribution in [3.05, 3.63) is 112 Å². The molecule has 4 N–H and O–H groups in total. The van der Waals surface area contributed by atoms with Crippen molar-refractivity contribution >= 4 is 71.1 Å². The van der Waals surface area contributed by atoms with Gasteiger partial charge in [0.05, 0.1) is 22.7 Å². The molecule has 0 radical (unpaired) electrons. The fourth-order valence-electron chi connectivity index (χ4n) is 7.06. The zero-order chi connectivity index (χ0) is 43.2. The number of thiol groups is 1. The first-order valence-corrected chi connectivity index (χ1v) is 20.2. The molecule has 1 aliphatic heterocycles. The number of carbonyl (C=O) groups excluding carboxylic acids is 4. The molecule has 0 aliphatic carbocycles. The van der Waals surface area contributed by atoms with Crippen molar-refractivity contribution < 1.29 is 33.3 Å². The monoisotopic (exact) mass is 849 g/mol. The Balaban J connectivity index is 0.997. The van der Waals surface area contributed by atoms with E-state index in [0.717, 1.165) is 63.0 Å². The molecule has 2 heterocycles. The Bertz CT molecular complexity index is 2480. The quantitative estimate of drug-likeness (QED) is 0.0165. The number of hydrogen-bond donors (Lipinski definition) is 5. The van der Waals surface area contributed by atoms with Gasteiger partial charge in [0.25, 0.3) is 11.9 Å². The number of nitrogens with one attached hydrogen (secondary N) is 3. The van der Waals surface area contributed by atoms with Crippen LogP contribution >= 0.6 is 24.4 Å². The zero-order valence-electron chi connectivity index (χ0n) is 33.7. The van der Waals surface area contributed by atoms with Gasteiger partial charge < -0.3 is 10.1 Å². The van der Waals surface area contributed by atoms with E-state index in [-0.39, 0.29) is 18.8 Å². The number of hydroxylamine groups is 1. The van der Waals surface area contributed by atoms with Crippen molar-refractivity contribution in [3.63, 3.8) is 0 Å². The molecule has 2 atom stereocenters. The van der Waals surface area contributed by atoms with Crippen molar-refractivity contribution in [1.82, 2.24) is 20.2 Å². The molecule has 310 valence electrons. The molecule has 14 nitrogen and oxygen atoms in total. The van der Waals surface area contributed by atoms with Gasteiger partial charge in [-0.05, 0) is 107 Å². The molecule has 2 unspecified atom stereocenters. The second-order valence-electron chi connectivity index (χ2n) is 15.3. The van der Waals surface area contributed by atoms with E-state index < -0.39 is 33.3 Å². The van der Waals surface area contributed by atoms with Crippen LogP contribution in [0.15, 0.2) is 79.0 Å². The summed E-state index contributed by atoms with van der Waals surface area (Å²) in [5.41, 5.74) is 8.95. The molecule has 6 rings (SSSR count). The molecular weight excluding hydrogens is 804 g/mol. The van der Waals surface area contributed by atoms with E-state index in [9.17, 15) is 29.6 Å². The van der Waals surface area contributed by atoms with Gasteiger partial charge in [-0.1, -0.05) is 55.8 Å². The van der Waals surface area contributed by atoms with Crippen molar-refractivity contribution in [2.24, 2.45) is 0 Å². The Morgan fingerprint density at radius 3 is 2.52 bits per heavy atom. The maximum absolute atomic E-state index is 13.1. The van der Waals surface area contributed by atoms with Crippen molar-refractivity contribution in [2.75, 3.05) is 30.9 Å². The normalized spacial score (nSPS) is 15.1. The SMILES string of the molecule is Cc1cc(NCCCCCOc2c(Cl)cc(C(C)(C)c3ccc(-c4ccc5nc(N[N+](C)(O)S)ncc5c4)cc3)cc2C#N)ccc1C(=O)N(C=O)C1CCC(=O)NC1=O. The number of nitrogens with zero attached hydrogens (tertiary/aromatic N) is 5. The summed E-state index contributed by atoms with van der Waals surface area (Å²) < 4.78 is 5.25. The fourth-order valence-corrected chi connectivity index (χ4v) is 7.42. The van der Waals surface area contributed by atoms with E-state index in [2.05, 4.69) is 83.0 Å². The number of aryl methyl sites for hydroxylation is 1. The van der Waals surface area contributed by atoms with Gasteiger partial charge >= 0.3 is 0 Å². The van der Waals surface area contributed by atoms with Crippen LogP contribution < -0.4 is 20.8 Å². The van der Waals surface area contributed by atoms with E-state index in [1.807, 2.05) is 36.4 Å². The maximum atomic E-state index is 13.1. The number of piperidine rings is 1. The summed E-state index contributed by atoms with van der Waals surface area (Å²) in [6.07, 6.45) is 4.58. The van der Waals surface area contributed by atoms with Crippen LogP contribution in [0.5, 0.6) is 5.75 Å². The number of carbonyl (C=O) groups is 4. The van der Waals surface area contributed by atoms with Gasteiger partial charge in [-0.3, -0.25) is 29.4 Å². The Morgan fingerprint density at radius 2 is 1.83 bits per heavy atom. The highest BCUT2D eigenvalue weighted by molar-refractivity contribution is 7.74. The summed E-state index contributed by atoms with van der Waals surface area (Å²) in [7, 11) is 1.43. The van der Waals surface area contributed by atoms with Crippen molar-refractivity contribution in [3.8, 4) is 22.9 Å². The predicted octanol–water partition coefficient (Wildman–Crippen LogP) is 7.53. The number of hydrogen-bond acceptors (Lipinski definition) is 12. The number of ether oxygens (including phenoxy) is 1. The van der Waals surface area contributed by atoms with Crippen molar-refractivity contribution in [1.29, 1.82) is 5.26 Å². The fraction of sp³-hybridized carbons (Fsp3) is 0.295. The van der Waals surface area contributed by atoms with Gasteiger partial charge in [0.2, 0.25) is 18.2 Å². The van der Waals surface area contributed by atoms with Crippen LogP contribution in [0.3, 0.4) is 0 Å². The van der Waals surface area contributed by atoms with Crippen LogP contribution in [-0.2, 0) is 19.8 Å². The standard InChI is InChI=1S/C44H45ClN8O6S/c1-27-20-34(13-14-35(27)42(57)52(26-54)38-16-17-39(55)50-41(38)56)47-18-6-5-7-19-59-40-30(24-46)22-33(23-36(40)45)44(2,3)32-11-8-28(9-12-32)29-10-15-37-31(21-29)25-48-43(49-37)51-53(4,58)60/h8-15,20-23,25-26,38,58,60H,5-7,16-19H2,1-4H3,(H2-,47,48,49,50,51,55,56,57)/p+1. The molecule has 5 aromatic rings. The summed E-state index contributed by atoms with van der Waals surface area (Å²) in [4.78, 5) is 58.3. The summed E-state index contributed by atoms with van der Waals surface area (Å²) >= 11 is 10.8. The van der Waals surface area contributed by atoms with Crippen LogP contribution in [0.2, 0.25) is 5.02 Å². The highest BCUT2D eigenvalue weighted by atomic mass is 35.5. The van der Waals surface area contributed by atoms with E-state index in [4.69, 9.17) is 16.3 Å². The Hall–Kier alpha value is -6.05. The molecule has 0 spiro atoms. The minimum atomic E-state index is -1.03. The van der Waals surface area contributed by atoms with Gasteiger partial charge in [-0.25, -0.2) is 9.97 Å². The van der Waals surface area contributed by atoms with E-state index in [0.29, 0.717) is 47.0 Å². The number of fused-ring (bicyclic) bond motifs is 1. The molecule has 4 amide bonds. The number of nitriles is 1. The van der Waals surface area contributed by atoms with Crippen LogP contribution in [0.25, 0.3) is 22.0 Å². The third-order valence-corrected chi connectivity index (χ3v) is 10.8. The predicted molar refractivity (Wildman–Crippen MR) is 231 cm³/mol. The average molecular weight is 850 g/mol. The molecule has 1 aromatic heterocycles. The second kappa shape index (κ2) is 18.5. The smallest absolute Gasteiger partial charge is 0.273 e. The third-order valence-electron chi connectivity index (χ3n) is 10.5. The lowest BCUT2D eigenvalue weighted by molar-refractivity contribution is -0.955. The molecule has 60 heavy (non-hydrogen) atoms. The average Bonchev–Trinajstić information content (AvgIpc) is 3.21. The van der Waals surface area contributed by atoms with Gasteiger partial charge in [0.1, 0.15) is 32.0 Å². The van der Waals surface area contributed by atoms with Crippen LogP contribution in [0.4, 0.5) is 11.6 Å². The lowest BCUT2D eigenvalue weighted by Crippen LogP contribution is -2.53. The summed E-state index contributed by atoms with van der Waals surface area (Å²) in [6, 6.07) is 24.3. The Labute approximate surface area is 358 Å². The summed E-state index contributed by atoms with van der Waals surface area (Å²) in [5.74, 6) is -1.08. The number of benzene rings is 4. The number of quaternary nitrogens is 1. The van der Waals surface area contributed by atoms with E-state index in [1.54, 1.807) is 25.3 Å². The Kier molecular flexibility index (Phi) is 13.4. The maximum Gasteiger partial charge on any atom is 0.273 e. The summed E-state index contributed by atoms with van der Waals surface area (Å²) in [6.45, 7) is 6.97. The molecule has 4 aromatic carbocycles. The number of aromatic nitrogens is 2. The van der Waals surface area contributed by atoms with Crippen LogP contribution in [0, 0.1) is 18.3 Å². The van der Waals surface area contributed by atoms with E-state index in [1.165, 1.54) is 7.05 Å². The van der Waals surface area contributed by atoms with Gasteiger partial charge in [-0.15, -0.1) is 0 Å². The lowest BCUT2D eigenvalue weighted by Gasteiger charge is -2.28. The van der Waals surface area contributed by atoms with Crippen LogP contribution in [0.1, 0.15) is 78.6 Å². The third kappa shape index (κ3) is 10.2. The first-order valence-electron chi connectivity index (χ1n) is 19.4. The minimum absolute atomic E-state index is 0.0539. The topological polar surface area (TPSA) is 187 Å². The number of unbranched alkanes of at least 4 members (excludes halogenated alkanes) is 2. The second-order valence-corrected chi connectivity index (χ2v) is 16.5. The van der Waals surface area contributed by atoms with Gasteiger partial charge in [0.15, 0.2) is 5.75 Å². The molecular formula is C44H46ClN8O6S+. The van der Waals surface area contributed by atoms with Gasteiger partial charge in [0, 0.05) is 41.2 Å². The van der Waals surface area contributed by atoms with Crippen LogP contribution in [-0.4, -0.2) is 74.6 Å². The first-order chi connectivity index (χ1) is 28.6. The van der Waals surface area contributed by atoms with Crippen molar-refractivity contribution in [2.45, 2.75) is 64.3 Å². The molecule has 1 fully saturated rings. The highest BCUT2D eigenvalue weighted by Crippen LogP contribution is 2.39. The first kappa shape index (κ1) is 43.5. The molecule has 16 heteroatoms. The number of amides is 4. The highest BCUT2D eigenvalue weighted by Gasteiger charge is 2.35. The zero-order valence-corrected chi connectivity index (χ0v) is 35.3. The lowest BCUT2D eigenvalue weighted by atomic mass is 9.77. The molecule has 0 saturated carbocycles. The molecule has 1 aliphatic rings. The largest absolute Gasteiger partial charge is 0.491 e. The number of rotatable bonds is 16. The van der Waals surface area contributed by atoms with Gasteiger partial charge in [-0.2, -0.15) is 15.9 Å². The number of halogens is 1. The number of imide groups is 2. The molecule has 0 bridgehead atoms. The minimum Gasteiger partial charge on any atom is -0.491 e. The van der Waals surface area contributed by atoms with E-state index >= 15 is 0 Å².